The van der Waals surface area contributed by atoms with Gasteiger partial charge in [0, 0.05) is 24.6 Å². The van der Waals surface area contributed by atoms with Gasteiger partial charge in [-0.05, 0) is 34.9 Å². The van der Waals surface area contributed by atoms with Crippen molar-refractivity contribution in [2.45, 2.75) is 12.5 Å². The first-order chi connectivity index (χ1) is 14.2. The second-order valence-electron chi connectivity index (χ2n) is 7.40. The zero-order chi connectivity index (χ0) is 19.8. The molecule has 1 atom stereocenters. The molecule has 2 heterocycles. The minimum Gasteiger partial charge on any atom is -0.482 e. The van der Waals surface area contributed by atoms with Crippen molar-refractivity contribution in [2.75, 3.05) is 18.5 Å². The zero-order valence-electron chi connectivity index (χ0n) is 15.8. The van der Waals surface area contributed by atoms with Crippen LogP contribution in [0.1, 0.15) is 33.0 Å². The van der Waals surface area contributed by atoms with Crippen LogP contribution < -0.4 is 10.1 Å². The van der Waals surface area contributed by atoms with Crippen LogP contribution in [0.2, 0.25) is 0 Å². The summed E-state index contributed by atoms with van der Waals surface area (Å²) in [5, 5.41) is 2.76. The molecule has 0 saturated heterocycles. The number of anilines is 1. The molecule has 0 radical (unpaired) electrons. The molecule has 29 heavy (non-hydrogen) atoms. The summed E-state index contributed by atoms with van der Waals surface area (Å²) in [4.78, 5) is 26.7. The van der Waals surface area contributed by atoms with Gasteiger partial charge in [-0.15, -0.1) is 0 Å². The number of carbonyl (C=O) groups excluding carboxylic acids is 2. The summed E-state index contributed by atoms with van der Waals surface area (Å²) in [5.41, 5.74) is 4.81. The summed E-state index contributed by atoms with van der Waals surface area (Å²) in [5.74, 6) is 0.449. The first-order valence-corrected chi connectivity index (χ1v) is 9.68. The fraction of sp³-hybridized carbons (Fsp3) is 0.167. The predicted molar refractivity (Wildman–Crippen MR) is 110 cm³/mol. The summed E-state index contributed by atoms with van der Waals surface area (Å²) in [7, 11) is 0. The smallest absolute Gasteiger partial charge is 0.262 e. The summed E-state index contributed by atoms with van der Waals surface area (Å²) >= 11 is 0. The lowest BCUT2D eigenvalue weighted by Gasteiger charge is -2.35. The molecule has 2 aliphatic heterocycles. The maximum Gasteiger partial charge on any atom is 0.262 e. The molecule has 5 rings (SSSR count). The summed E-state index contributed by atoms with van der Waals surface area (Å²) in [6.07, 6.45) is 0. The first kappa shape index (κ1) is 17.5. The highest BCUT2D eigenvalue weighted by atomic mass is 16.5. The van der Waals surface area contributed by atoms with E-state index < -0.39 is 0 Å². The Labute approximate surface area is 168 Å². The van der Waals surface area contributed by atoms with Gasteiger partial charge in [-0.1, -0.05) is 54.6 Å². The molecule has 0 aliphatic carbocycles. The fourth-order valence-corrected chi connectivity index (χ4v) is 4.12. The summed E-state index contributed by atoms with van der Waals surface area (Å²) in [6.45, 7) is 1.17. The predicted octanol–water partition coefficient (Wildman–Crippen LogP) is 3.81. The Morgan fingerprint density at radius 2 is 1.79 bits per heavy atom. The van der Waals surface area contributed by atoms with Crippen LogP contribution in [0.25, 0.3) is 0 Å². The van der Waals surface area contributed by atoms with E-state index in [1.54, 1.807) is 18.2 Å². The quantitative estimate of drug-likeness (QED) is 0.731. The third-order valence-corrected chi connectivity index (χ3v) is 5.55. The van der Waals surface area contributed by atoms with Crippen LogP contribution in [0.15, 0.2) is 72.8 Å². The lowest BCUT2D eigenvalue weighted by atomic mass is 9.84. The highest BCUT2D eigenvalue weighted by Crippen LogP contribution is 2.35. The lowest BCUT2D eigenvalue weighted by Crippen LogP contribution is -2.38. The van der Waals surface area contributed by atoms with Crippen molar-refractivity contribution in [1.29, 1.82) is 0 Å². The number of amides is 2. The molecule has 2 amide bonds. The van der Waals surface area contributed by atoms with Gasteiger partial charge in [0.1, 0.15) is 5.75 Å². The van der Waals surface area contributed by atoms with Crippen molar-refractivity contribution in [3.8, 4) is 5.75 Å². The number of nitrogens with zero attached hydrogens (tertiary/aromatic N) is 1. The van der Waals surface area contributed by atoms with E-state index in [1.165, 1.54) is 16.7 Å². The molecule has 5 heteroatoms. The molecule has 1 N–H and O–H groups in total. The van der Waals surface area contributed by atoms with Gasteiger partial charge in [0.2, 0.25) is 0 Å². The molecule has 5 nitrogen and oxygen atoms in total. The van der Waals surface area contributed by atoms with Crippen LogP contribution in [0.5, 0.6) is 5.75 Å². The minimum atomic E-state index is -0.185. The molecule has 0 saturated carbocycles. The number of rotatable bonds is 2. The van der Waals surface area contributed by atoms with E-state index in [1.807, 2.05) is 29.2 Å². The molecular formula is C24H20N2O3. The minimum absolute atomic E-state index is 0.0299. The van der Waals surface area contributed by atoms with Crippen LogP contribution in [0.4, 0.5) is 5.69 Å². The standard InChI is InChI=1S/C24H20N2O3/c27-23-15-29-22-12-17(10-11-21(22)25-23)24(28)26-13-18-8-4-5-9-19(18)20(14-26)16-6-2-1-3-7-16/h1-12,20H,13-15H2,(H,25,27)/t20-/m0/s1. The Morgan fingerprint density at radius 1 is 1.00 bits per heavy atom. The van der Waals surface area contributed by atoms with E-state index in [9.17, 15) is 9.59 Å². The third kappa shape index (κ3) is 3.25. The van der Waals surface area contributed by atoms with Crippen molar-refractivity contribution in [1.82, 2.24) is 4.90 Å². The van der Waals surface area contributed by atoms with Crippen LogP contribution in [-0.2, 0) is 11.3 Å². The van der Waals surface area contributed by atoms with Gasteiger partial charge >= 0.3 is 0 Å². The van der Waals surface area contributed by atoms with Gasteiger partial charge in [0.15, 0.2) is 6.61 Å². The van der Waals surface area contributed by atoms with E-state index in [0.29, 0.717) is 30.1 Å². The van der Waals surface area contributed by atoms with Crippen LogP contribution >= 0.6 is 0 Å². The molecule has 0 spiro atoms. The van der Waals surface area contributed by atoms with E-state index in [-0.39, 0.29) is 24.3 Å². The number of fused-ring (bicyclic) bond motifs is 2. The molecule has 0 aromatic heterocycles. The van der Waals surface area contributed by atoms with Gasteiger partial charge < -0.3 is 15.0 Å². The van der Waals surface area contributed by atoms with Gasteiger partial charge in [0.25, 0.3) is 11.8 Å². The van der Waals surface area contributed by atoms with Crippen molar-refractivity contribution in [3.63, 3.8) is 0 Å². The Balaban J connectivity index is 1.47. The number of benzene rings is 3. The number of hydrogen-bond donors (Lipinski definition) is 1. The van der Waals surface area contributed by atoms with Crippen molar-refractivity contribution >= 4 is 17.5 Å². The maximum absolute atomic E-state index is 13.3. The second kappa shape index (κ2) is 7.09. The fourth-order valence-electron chi connectivity index (χ4n) is 4.12. The van der Waals surface area contributed by atoms with Gasteiger partial charge in [-0.2, -0.15) is 0 Å². The Hall–Kier alpha value is -3.60. The second-order valence-corrected chi connectivity index (χ2v) is 7.40. The number of hydrogen-bond acceptors (Lipinski definition) is 3. The Kier molecular flexibility index (Phi) is 4.28. The highest BCUT2D eigenvalue weighted by molar-refractivity contribution is 5.99. The van der Waals surface area contributed by atoms with E-state index >= 15 is 0 Å². The monoisotopic (exact) mass is 384 g/mol. The molecule has 3 aromatic carbocycles. The number of nitrogens with one attached hydrogen (secondary N) is 1. The van der Waals surface area contributed by atoms with Crippen molar-refractivity contribution < 1.29 is 14.3 Å². The van der Waals surface area contributed by atoms with E-state index in [4.69, 9.17) is 4.74 Å². The molecule has 0 fully saturated rings. The molecule has 0 unspecified atom stereocenters. The van der Waals surface area contributed by atoms with Crippen LogP contribution in [-0.4, -0.2) is 29.9 Å². The van der Waals surface area contributed by atoms with Gasteiger partial charge in [-0.25, -0.2) is 0 Å². The Morgan fingerprint density at radius 3 is 2.66 bits per heavy atom. The van der Waals surface area contributed by atoms with Gasteiger partial charge in [0.05, 0.1) is 5.69 Å². The molecule has 3 aromatic rings. The normalized spacial score (nSPS) is 17.6. The maximum atomic E-state index is 13.3. The molecule has 0 bridgehead atoms. The largest absolute Gasteiger partial charge is 0.482 e. The average molecular weight is 384 g/mol. The topological polar surface area (TPSA) is 58.6 Å². The molecule has 2 aliphatic rings. The lowest BCUT2D eigenvalue weighted by molar-refractivity contribution is -0.118. The van der Waals surface area contributed by atoms with E-state index in [0.717, 1.165) is 0 Å². The number of carbonyl (C=O) groups is 2. The highest BCUT2D eigenvalue weighted by Gasteiger charge is 2.30. The van der Waals surface area contributed by atoms with Gasteiger partial charge in [-0.3, -0.25) is 9.59 Å². The SMILES string of the molecule is O=C1COc2cc(C(=O)N3Cc4ccccc4[C@H](c4ccccc4)C3)ccc2N1. The first-order valence-electron chi connectivity index (χ1n) is 9.68. The van der Waals surface area contributed by atoms with Crippen molar-refractivity contribution in [3.05, 3.63) is 95.1 Å². The molecule has 144 valence electrons. The van der Waals surface area contributed by atoms with Crippen LogP contribution in [0.3, 0.4) is 0 Å². The van der Waals surface area contributed by atoms with Crippen LogP contribution in [0, 0.1) is 0 Å². The average Bonchev–Trinajstić information content (AvgIpc) is 2.78. The number of ether oxygens (including phenoxy) is 1. The zero-order valence-corrected chi connectivity index (χ0v) is 15.8. The molecular weight excluding hydrogens is 364 g/mol. The van der Waals surface area contributed by atoms with Crippen molar-refractivity contribution in [2.24, 2.45) is 0 Å². The third-order valence-electron chi connectivity index (χ3n) is 5.55. The summed E-state index contributed by atoms with van der Waals surface area (Å²) < 4.78 is 5.48. The Bertz CT molecular complexity index is 1090. The van der Waals surface area contributed by atoms with E-state index in [2.05, 4.69) is 35.6 Å². The summed E-state index contributed by atoms with van der Waals surface area (Å²) in [6, 6.07) is 23.8.